The van der Waals surface area contributed by atoms with Crippen LogP contribution in [0.5, 0.6) is 0 Å². The number of carbonyl (C=O) groups excluding carboxylic acids is 3. The molecule has 0 aromatic carbocycles. The smallest absolute Gasteiger partial charge is 0.340 e. The summed E-state index contributed by atoms with van der Waals surface area (Å²) in [6.45, 7) is 2.02. The van der Waals surface area contributed by atoms with Crippen LogP contribution in [0.4, 0.5) is 0 Å². The Bertz CT molecular complexity index is 864. The maximum Gasteiger partial charge on any atom is 0.340 e. The summed E-state index contributed by atoms with van der Waals surface area (Å²) >= 11 is 6.18. The van der Waals surface area contributed by atoms with Crippen LogP contribution in [-0.2, 0) is 25.5 Å². The Morgan fingerprint density at radius 3 is 2.58 bits per heavy atom. The lowest BCUT2D eigenvalue weighted by atomic mass is 9.94. The van der Waals surface area contributed by atoms with Gasteiger partial charge in [0.25, 0.3) is 5.91 Å². The molecule has 0 radical (unpaired) electrons. The number of carbonyl (C=O) groups is 3. The molecule has 1 saturated carbocycles. The second kappa shape index (κ2) is 6.60. The first kappa shape index (κ1) is 18.2. The van der Waals surface area contributed by atoms with Crippen LogP contribution in [0.15, 0.2) is 10.7 Å². The molecule has 138 valence electrons. The van der Waals surface area contributed by atoms with E-state index in [9.17, 15) is 14.4 Å². The Hall–Kier alpha value is -2.61. The number of hydrogen-bond acceptors (Lipinski definition) is 6. The minimum absolute atomic E-state index is 0.0930. The van der Waals surface area contributed by atoms with Gasteiger partial charge >= 0.3 is 11.9 Å². The highest BCUT2D eigenvalue weighted by atomic mass is 35.5. The van der Waals surface area contributed by atoms with Gasteiger partial charge in [-0.2, -0.15) is 5.10 Å². The van der Waals surface area contributed by atoms with Gasteiger partial charge in [-0.3, -0.25) is 9.59 Å². The lowest BCUT2D eigenvalue weighted by molar-refractivity contribution is -0.139. The zero-order chi connectivity index (χ0) is 19.1. The first-order chi connectivity index (χ1) is 12.3. The van der Waals surface area contributed by atoms with E-state index in [1.807, 2.05) is 6.92 Å². The molecule has 2 heterocycles. The van der Waals surface area contributed by atoms with Gasteiger partial charge in [-0.1, -0.05) is 18.5 Å². The SMILES string of the molecule is COC(=O)Cc1c(Cl)[nH]c(C=C2C(=O)NN=C2C2(C)CC2)c1C(=O)OC. The fourth-order valence-corrected chi connectivity index (χ4v) is 3.11. The molecule has 1 amide bonds. The number of H-pyrrole nitrogens is 1. The topological polar surface area (TPSA) is 110 Å². The molecule has 0 saturated heterocycles. The number of ether oxygens (including phenoxy) is 2. The second-order valence-electron chi connectivity index (χ2n) is 6.47. The zero-order valence-corrected chi connectivity index (χ0v) is 15.3. The fraction of sp³-hybridized carbons (Fsp3) is 0.412. The van der Waals surface area contributed by atoms with Crippen LogP contribution in [-0.4, -0.2) is 42.8 Å². The lowest BCUT2D eigenvalue weighted by Gasteiger charge is -2.08. The quantitative estimate of drug-likeness (QED) is 0.599. The summed E-state index contributed by atoms with van der Waals surface area (Å²) in [6.07, 6.45) is 3.18. The zero-order valence-electron chi connectivity index (χ0n) is 14.6. The third kappa shape index (κ3) is 3.12. The molecule has 1 aromatic heterocycles. The number of esters is 2. The van der Waals surface area contributed by atoms with Crippen LogP contribution in [0.2, 0.25) is 5.15 Å². The molecular weight excluding hydrogens is 362 g/mol. The normalized spacial score (nSPS) is 19.2. The number of hydrazone groups is 1. The van der Waals surface area contributed by atoms with Crippen molar-refractivity contribution in [3.05, 3.63) is 27.5 Å². The number of aromatic nitrogens is 1. The molecule has 2 aliphatic rings. The number of nitrogens with one attached hydrogen (secondary N) is 2. The van der Waals surface area contributed by atoms with Gasteiger partial charge in [0.15, 0.2) is 0 Å². The summed E-state index contributed by atoms with van der Waals surface area (Å²) in [5.74, 6) is -1.58. The predicted octanol–water partition coefficient (Wildman–Crippen LogP) is 1.84. The molecule has 2 N–H and O–H groups in total. The van der Waals surface area contributed by atoms with Gasteiger partial charge in [0.1, 0.15) is 5.15 Å². The average Bonchev–Trinajstić information content (AvgIpc) is 3.14. The van der Waals surface area contributed by atoms with Crippen molar-refractivity contribution in [2.24, 2.45) is 10.5 Å². The van der Waals surface area contributed by atoms with Gasteiger partial charge in [-0.15, -0.1) is 0 Å². The Kier molecular flexibility index (Phi) is 4.62. The number of nitrogens with zero attached hydrogens (tertiary/aromatic N) is 1. The largest absolute Gasteiger partial charge is 0.469 e. The monoisotopic (exact) mass is 379 g/mol. The molecule has 8 nitrogen and oxygen atoms in total. The lowest BCUT2D eigenvalue weighted by Crippen LogP contribution is -2.17. The average molecular weight is 380 g/mol. The van der Waals surface area contributed by atoms with E-state index in [2.05, 4.69) is 20.2 Å². The first-order valence-corrected chi connectivity index (χ1v) is 8.34. The van der Waals surface area contributed by atoms with Crippen LogP contribution in [0.3, 0.4) is 0 Å². The maximum atomic E-state index is 12.3. The van der Waals surface area contributed by atoms with Gasteiger partial charge in [-0.25, -0.2) is 10.2 Å². The minimum Gasteiger partial charge on any atom is -0.469 e. The molecule has 0 bridgehead atoms. The Morgan fingerprint density at radius 2 is 2.00 bits per heavy atom. The number of rotatable bonds is 5. The molecule has 0 atom stereocenters. The molecule has 1 aliphatic heterocycles. The molecule has 1 fully saturated rings. The van der Waals surface area contributed by atoms with E-state index in [1.165, 1.54) is 20.3 Å². The van der Waals surface area contributed by atoms with Crippen molar-refractivity contribution in [1.29, 1.82) is 0 Å². The number of aromatic amines is 1. The van der Waals surface area contributed by atoms with E-state index in [4.69, 9.17) is 16.3 Å². The number of amides is 1. The predicted molar refractivity (Wildman–Crippen MR) is 93.8 cm³/mol. The van der Waals surface area contributed by atoms with Crippen LogP contribution in [0, 0.1) is 5.41 Å². The number of hydrogen-bond donors (Lipinski definition) is 2. The van der Waals surface area contributed by atoms with Gasteiger partial charge in [0, 0.05) is 11.0 Å². The molecular formula is C17H18ClN3O5. The van der Waals surface area contributed by atoms with Crippen molar-refractivity contribution in [2.75, 3.05) is 14.2 Å². The van der Waals surface area contributed by atoms with Crippen LogP contribution < -0.4 is 5.43 Å². The molecule has 9 heteroatoms. The van der Waals surface area contributed by atoms with Crippen molar-refractivity contribution < 1.29 is 23.9 Å². The van der Waals surface area contributed by atoms with Gasteiger partial charge in [0.2, 0.25) is 0 Å². The van der Waals surface area contributed by atoms with E-state index in [1.54, 1.807) is 0 Å². The van der Waals surface area contributed by atoms with Crippen LogP contribution in [0.25, 0.3) is 6.08 Å². The van der Waals surface area contributed by atoms with Crippen molar-refractivity contribution >= 4 is 41.2 Å². The number of halogens is 1. The number of methoxy groups -OCH3 is 2. The van der Waals surface area contributed by atoms with Gasteiger partial charge in [-0.05, 0) is 18.9 Å². The molecule has 1 aromatic rings. The van der Waals surface area contributed by atoms with Gasteiger partial charge < -0.3 is 14.5 Å². The highest BCUT2D eigenvalue weighted by Gasteiger charge is 2.47. The second-order valence-corrected chi connectivity index (χ2v) is 6.85. The van der Waals surface area contributed by atoms with E-state index in [0.717, 1.165) is 12.8 Å². The summed E-state index contributed by atoms with van der Waals surface area (Å²) in [7, 11) is 2.47. The minimum atomic E-state index is -0.673. The Balaban J connectivity index is 2.08. The summed E-state index contributed by atoms with van der Waals surface area (Å²) in [5, 5.41) is 4.23. The molecule has 3 rings (SSSR count). The van der Waals surface area contributed by atoms with Crippen molar-refractivity contribution in [2.45, 2.75) is 26.2 Å². The third-order valence-corrected chi connectivity index (χ3v) is 4.97. The maximum absolute atomic E-state index is 12.3. The molecule has 26 heavy (non-hydrogen) atoms. The van der Waals surface area contributed by atoms with Crippen molar-refractivity contribution in [3.63, 3.8) is 0 Å². The first-order valence-electron chi connectivity index (χ1n) is 7.96. The fourth-order valence-electron chi connectivity index (χ4n) is 2.85. The summed E-state index contributed by atoms with van der Waals surface area (Å²) in [6, 6.07) is 0. The van der Waals surface area contributed by atoms with E-state index < -0.39 is 11.9 Å². The van der Waals surface area contributed by atoms with E-state index in [0.29, 0.717) is 11.3 Å². The summed E-state index contributed by atoms with van der Waals surface area (Å²) in [5.41, 5.74) is 3.95. The van der Waals surface area contributed by atoms with Crippen LogP contribution >= 0.6 is 11.6 Å². The van der Waals surface area contributed by atoms with E-state index in [-0.39, 0.29) is 39.7 Å². The van der Waals surface area contributed by atoms with Crippen molar-refractivity contribution in [1.82, 2.24) is 10.4 Å². The molecule has 1 aliphatic carbocycles. The highest BCUT2D eigenvalue weighted by Crippen LogP contribution is 2.49. The molecule has 0 spiro atoms. The highest BCUT2D eigenvalue weighted by molar-refractivity contribution is 6.32. The van der Waals surface area contributed by atoms with Crippen LogP contribution in [0.1, 0.15) is 41.4 Å². The summed E-state index contributed by atoms with van der Waals surface area (Å²) in [4.78, 5) is 39.0. The van der Waals surface area contributed by atoms with E-state index >= 15 is 0 Å². The summed E-state index contributed by atoms with van der Waals surface area (Å²) < 4.78 is 9.46. The van der Waals surface area contributed by atoms with Gasteiger partial charge in [0.05, 0.1) is 43.2 Å². The Labute approximate surface area is 154 Å². The third-order valence-electron chi connectivity index (χ3n) is 4.65. The Morgan fingerprint density at radius 1 is 1.31 bits per heavy atom. The standard InChI is InChI=1S/C17H18ClN3O5/c1-17(4-5-17)13-9(15(23)21-20-13)6-10-12(16(24)26-3)8(14(18)19-10)7-11(22)25-2/h6,19H,4-5,7H2,1-3H3,(H,21,23). The molecule has 0 unspecified atom stereocenters. The van der Waals surface area contributed by atoms with Crippen molar-refractivity contribution in [3.8, 4) is 0 Å².